The molecule has 25 heavy (non-hydrogen) atoms. The average Bonchev–Trinajstić information content (AvgIpc) is 2.59. The van der Waals surface area contributed by atoms with E-state index in [2.05, 4.69) is 19.2 Å². The molecule has 0 aromatic heterocycles. The van der Waals surface area contributed by atoms with Gasteiger partial charge in [-0.2, -0.15) is 0 Å². The minimum absolute atomic E-state index is 0.122. The average molecular weight is 343 g/mol. The van der Waals surface area contributed by atoms with Gasteiger partial charge in [-0.1, -0.05) is 26.0 Å². The maximum atomic E-state index is 11.9. The highest BCUT2D eigenvalue weighted by Crippen LogP contribution is 2.23. The first-order valence-electron chi connectivity index (χ1n) is 7.99. The summed E-state index contributed by atoms with van der Waals surface area (Å²) < 4.78 is 4.87. The van der Waals surface area contributed by atoms with Gasteiger partial charge >= 0.3 is 5.97 Å². The van der Waals surface area contributed by atoms with E-state index in [1.807, 2.05) is 12.1 Å². The number of aromatic hydroxyl groups is 2. The second-order valence-electron chi connectivity index (χ2n) is 5.76. The first kappa shape index (κ1) is 18.3. The number of benzene rings is 2. The summed E-state index contributed by atoms with van der Waals surface area (Å²) in [6.07, 6.45) is 1.03. The molecule has 0 bridgehead atoms. The summed E-state index contributed by atoms with van der Waals surface area (Å²) in [4.78, 5) is 23.7. The number of esters is 1. The summed E-state index contributed by atoms with van der Waals surface area (Å²) in [5, 5.41) is 21.4. The standard InChI is InChI=1S/C19H21NO5/c1-3-12(2)13-4-6-14(7-5-13)20-18(23)11-25-19(24)16-9-8-15(21)10-17(16)22/h4-10,12,21-22H,3,11H2,1-2H3,(H,20,23)/t12-/m0/s1. The lowest BCUT2D eigenvalue weighted by Gasteiger charge is -2.11. The molecule has 1 atom stereocenters. The van der Waals surface area contributed by atoms with E-state index in [0.29, 0.717) is 11.6 Å². The molecule has 0 saturated heterocycles. The smallest absolute Gasteiger partial charge is 0.342 e. The summed E-state index contributed by atoms with van der Waals surface area (Å²) >= 11 is 0. The monoisotopic (exact) mass is 343 g/mol. The predicted octanol–water partition coefficient (Wildman–Crippen LogP) is 3.41. The van der Waals surface area contributed by atoms with Crippen LogP contribution in [-0.4, -0.2) is 28.7 Å². The number of rotatable bonds is 6. The van der Waals surface area contributed by atoms with Crippen LogP contribution < -0.4 is 5.32 Å². The molecule has 3 N–H and O–H groups in total. The molecular weight excluding hydrogens is 322 g/mol. The van der Waals surface area contributed by atoms with E-state index in [1.54, 1.807) is 12.1 Å². The van der Waals surface area contributed by atoms with Crippen LogP contribution in [0.3, 0.4) is 0 Å². The molecule has 0 unspecified atom stereocenters. The molecule has 0 aliphatic heterocycles. The van der Waals surface area contributed by atoms with Gasteiger partial charge in [0.15, 0.2) is 6.61 Å². The summed E-state index contributed by atoms with van der Waals surface area (Å²) in [7, 11) is 0. The quantitative estimate of drug-likeness (QED) is 0.699. The second kappa shape index (κ2) is 8.19. The summed E-state index contributed by atoms with van der Waals surface area (Å²) in [6, 6.07) is 11.0. The molecular formula is C19H21NO5. The van der Waals surface area contributed by atoms with Crippen LogP contribution in [0, 0.1) is 0 Å². The lowest BCUT2D eigenvalue weighted by molar-refractivity contribution is -0.119. The SMILES string of the molecule is CC[C@H](C)c1ccc(NC(=O)COC(=O)c2ccc(O)cc2O)cc1. The fraction of sp³-hybridized carbons (Fsp3) is 0.263. The van der Waals surface area contributed by atoms with Gasteiger partial charge in [0, 0.05) is 11.8 Å². The highest BCUT2D eigenvalue weighted by molar-refractivity contribution is 5.96. The molecule has 0 fully saturated rings. The lowest BCUT2D eigenvalue weighted by atomic mass is 9.99. The number of carbonyl (C=O) groups excluding carboxylic acids is 2. The van der Waals surface area contributed by atoms with Crippen molar-refractivity contribution in [3.63, 3.8) is 0 Å². The van der Waals surface area contributed by atoms with E-state index in [9.17, 15) is 19.8 Å². The normalized spacial score (nSPS) is 11.6. The topological polar surface area (TPSA) is 95.9 Å². The molecule has 0 saturated carbocycles. The highest BCUT2D eigenvalue weighted by atomic mass is 16.5. The molecule has 0 spiro atoms. The Bertz CT molecular complexity index is 755. The fourth-order valence-corrected chi connectivity index (χ4v) is 2.23. The zero-order valence-electron chi connectivity index (χ0n) is 14.2. The molecule has 0 aliphatic rings. The van der Waals surface area contributed by atoms with Gasteiger partial charge in [-0.3, -0.25) is 4.79 Å². The van der Waals surface area contributed by atoms with Gasteiger partial charge in [0.25, 0.3) is 5.91 Å². The molecule has 0 aliphatic carbocycles. The van der Waals surface area contributed by atoms with E-state index >= 15 is 0 Å². The van der Waals surface area contributed by atoms with Crippen molar-refractivity contribution in [2.24, 2.45) is 0 Å². The predicted molar refractivity (Wildman–Crippen MR) is 93.8 cm³/mol. The number of anilines is 1. The van der Waals surface area contributed by atoms with Crippen molar-refractivity contribution in [1.82, 2.24) is 0 Å². The number of hydrogen-bond acceptors (Lipinski definition) is 5. The molecule has 0 radical (unpaired) electrons. The van der Waals surface area contributed by atoms with Crippen LogP contribution in [-0.2, 0) is 9.53 Å². The van der Waals surface area contributed by atoms with E-state index in [0.717, 1.165) is 12.5 Å². The summed E-state index contributed by atoms with van der Waals surface area (Å²) in [6.45, 7) is 3.76. The maximum absolute atomic E-state index is 11.9. The molecule has 2 rings (SSSR count). The number of phenolic OH excluding ortho intramolecular Hbond substituents is 2. The summed E-state index contributed by atoms with van der Waals surface area (Å²) in [5.41, 5.74) is 1.68. The van der Waals surface area contributed by atoms with Crippen molar-refractivity contribution in [2.45, 2.75) is 26.2 Å². The van der Waals surface area contributed by atoms with Gasteiger partial charge in [0.2, 0.25) is 0 Å². The molecule has 0 heterocycles. The number of nitrogens with one attached hydrogen (secondary N) is 1. The number of phenols is 2. The minimum Gasteiger partial charge on any atom is -0.508 e. The van der Waals surface area contributed by atoms with E-state index < -0.39 is 24.2 Å². The van der Waals surface area contributed by atoms with Crippen LogP contribution in [0.4, 0.5) is 5.69 Å². The van der Waals surface area contributed by atoms with Crippen LogP contribution in [0.1, 0.15) is 42.1 Å². The van der Waals surface area contributed by atoms with Gasteiger partial charge in [0.05, 0.1) is 0 Å². The zero-order chi connectivity index (χ0) is 18.4. The van der Waals surface area contributed by atoms with Gasteiger partial charge in [0.1, 0.15) is 17.1 Å². The van der Waals surface area contributed by atoms with Crippen molar-refractivity contribution in [3.05, 3.63) is 53.6 Å². The Labute approximate surface area is 146 Å². The number of hydrogen-bond donors (Lipinski definition) is 3. The van der Waals surface area contributed by atoms with E-state index in [4.69, 9.17) is 4.74 Å². The Kier molecular flexibility index (Phi) is 6.00. The second-order valence-corrected chi connectivity index (χ2v) is 5.76. The largest absolute Gasteiger partial charge is 0.508 e. The highest BCUT2D eigenvalue weighted by Gasteiger charge is 2.15. The van der Waals surface area contributed by atoms with Crippen LogP contribution in [0.25, 0.3) is 0 Å². The molecule has 132 valence electrons. The first-order valence-corrected chi connectivity index (χ1v) is 7.99. The van der Waals surface area contributed by atoms with Crippen molar-refractivity contribution in [3.8, 4) is 11.5 Å². The Morgan fingerprint density at radius 2 is 1.80 bits per heavy atom. The van der Waals surface area contributed by atoms with Crippen molar-refractivity contribution in [2.75, 3.05) is 11.9 Å². The lowest BCUT2D eigenvalue weighted by Crippen LogP contribution is -2.21. The van der Waals surface area contributed by atoms with Gasteiger partial charge < -0.3 is 20.3 Å². The molecule has 6 nitrogen and oxygen atoms in total. The maximum Gasteiger partial charge on any atom is 0.342 e. The third-order valence-electron chi connectivity index (χ3n) is 3.91. The molecule has 6 heteroatoms. The van der Waals surface area contributed by atoms with Crippen molar-refractivity contribution in [1.29, 1.82) is 0 Å². The number of amides is 1. The Morgan fingerprint density at radius 3 is 2.40 bits per heavy atom. The molecule has 2 aromatic rings. The van der Waals surface area contributed by atoms with E-state index in [1.165, 1.54) is 17.7 Å². The van der Waals surface area contributed by atoms with E-state index in [-0.39, 0.29) is 11.3 Å². The van der Waals surface area contributed by atoms with Crippen LogP contribution in [0.5, 0.6) is 11.5 Å². The summed E-state index contributed by atoms with van der Waals surface area (Å²) in [5.74, 6) is -1.47. The fourth-order valence-electron chi connectivity index (χ4n) is 2.23. The Balaban J connectivity index is 1.89. The Morgan fingerprint density at radius 1 is 1.12 bits per heavy atom. The minimum atomic E-state index is -0.847. The third-order valence-corrected chi connectivity index (χ3v) is 3.91. The zero-order valence-corrected chi connectivity index (χ0v) is 14.2. The van der Waals surface area contributed by atoms with Crippen LogP contribution in [0.2, 0.25) is 0 Å². The first-order chi connectivity index (χ1) is 11.9. The van der Waals surface area contributed by atoms with Crippen molar-refractivity contribution >= 4 is 17.6 Å². The van der Waals surface area contributed by atoms with Crippen LogP contribution in [0.15, 0.2) is 42.5 Å². The van der Waals surface area contributed by atoms with Crippen molar-refractivity contribution < 1.29 is 24.5 Å². The molecule has 1 amide bonds. The number of carbonyl (C=O) groups is 2. The number of ether oxygens (including phenoxy) is 1. The Hall–Kier alpha value is -3.02. The van der Waals surface area contributed by atoms with Gasteiger partial charge in [-0.05, 0) is 42.2 Å². The third kappa shape index (κ3) is 4.97. The van der Waals surface area contributed by atoms with Gasteiger partial charge in [-0.15, -0.1) is 0 Å². The molecule has 2 aromatic carbocycles. The van der Waals surface area contributed by atoms with Crippen LogP contribution >= 0.6 is 0 Å². The van der Waals surface area contributed by atoms with Gasteiger partial charge in [-0.25, -0.2) is 4.79 Å².